The van der Waals surface area contributed by atoms with E-state index < -0.39 is 0 Å². The lowest BCUT2D eigenvalue weighted by Gasteiger charge is -2.19. The first-order valence-electron chi connectivity index (χ1n) is 6.10. The molecule has 2 aromatic heterocycles. The first-order valence-corrected chi connectivity index (χ1v) is 6.10. The molecule has 1 aromatic carbocycles. The van der Waals surface area contributed by atoms with Gasteiger partial charge < -0.3 is 9.47 Å². The number of aromatic nitrogens is 3. The zero-order chi connectivity index (χ0) is 12.7. The smallest absolute Gasteiger partial charge is 0.162 e. The Hall–Kier alpha value is -2.56. The number of fused-ring (bicyclic) bond motifs is 2. The Balaban J connectivity index is 2.00. The molecular weight excluding hydrogens is 242 g/mol. The normalized spacial score (nSPS) is 13.7. The molecule has 3 aromatic rings. The van der Waals surface area contributed by atoms with Crippen molar-refractivity contribution < 1.29 is 9.47 Å². The summed E-state index contributed by atoms with van der Waals surface area (Å²) < 4.78 is 13.0. The Morgan fingerprint density at radius 3 is 2.68 bits per heavy atom. The monoisotopic (exact) mass is 253 g/mol. The first kappa shape index (κ1) is 10.4. The second-order valence-corrected chi connectivity index (χ2v) is 4.30. The number of pyridine rings is 1. The van der Waals surface area contributed by atoms with Crippen molar-refractivity contribution >= 4 is 10.8 Å². The number of benzene rings is 1. The lowest BCUT2D eigenvalue weighted by molar-refractivity contribution is 0.172. The van der Waals surface area contributed by atoms with E-state index in [4.69, 9.17) is 9.47 Å². The van der Waals surface area contributed by atoms with Crippen LogP contribution >= 0.6 is 0 Å². The average Bonchev–Trinajstić information content (AvgIpc) is 2.98. The van der Waals surface area contributed by atoms with Crippen molar-refractivity contribution in [2.24, 2.45) is 0 Å². The second kappa shape index (κ2) is 3.98. The summed E-state index contributed by atoms with van der Waals surface area (Å²) in [5, 5.41) is 6.29. The van der Waals surface area contributed by atoms with Crippen LogP contribution in [0.4, 0.5) is 0 Å². The van der Waals surface area contributed by atoms with Crippen LogP contribution in [0.15, 0.2) is 42.9 Å². The van der Waals surface area contributed by atoms with Gasteiger partial charge in [0.05, 0.1) is 0 Å². The zero-order valence-electron chi connectivity index (χ0n) is 10.1. The molecule has 19 heavy (non-hydrogen) atoms. The van der Waals surface area contributed by atoms with Gasteiger partial charge in [0.25, 0.3) is 0 Å². The van der Waals surface area contributed by atoms with Crippen molar-refractivity contribution in [2.45, 2.75) is 0 Å². The zero-order valence-corrected chi connectivity index (χ0v) is 10.1. The number of rotatable bonds is 1. The molecule has 4 rings (SSSR count). The maximum Gasteiger partial charge on any atom is 0.162 e. The molecule has 0 unspecified atom stereocenters. The maximum absolute atomic E-state index is 5.62. The van der Waals surface area contributed by atoms with Crippen molar-refractivity contribution in [2.75, 3.05) is 13.2 Å². The molecule has 0 radical (unpaired) electrons. The standard InChI is InChI=1S/C14H11N3O2/c1-3-16-17(5-1)14-11-9-13-12(18-6-7-19-13)8-10(11)2-4-15-14/h1-5,8-9H,6-7H2. The van der Waals surface area contributed by atoms with Crippen LogP contribution < -0.4 is 9.47 Å². The highest BCUT2D eigenvalue weighted by molar-refractivity contribution is 5.91. The van der Waals surface area contributed by atoms with E-state index in [1.807, 2.05) is 30.5 Å². The minimum atomic E-state index is 0.579. The summed E-state index contributed by atoms with van der Waals surface area (Å²) in [6, 6.07) is 7.78. The minimum absolute atomic E-state index is 0.579. The van der Waals surface area contributed by atoms with Crippen molar-refractivity contribution in [3.05, 3.63) is 42.9 Å². The Morgan fingerprint density at radius 1 is 1.05 bits per heavy atom. The van der Waals surface area contributed by atoms with E-state index in [0.29, 0.717) is 13.2 Å². The first-order chi connectivity index (χ1) is 9.42. The fraction of sp³-hybridized carbons (Fsp3) is 0.143. The van der Waals surface area contributed by atoms with Gasteiger partial charge >= 0.3 is 0 Å². The molecule has 1 aliphatic heterocycles. The van der Waals surface area contributed by atoms with Crippen molar-refractivity contribution in [3.63, 3.8) is 0 Å². The summed E-state index contributed by atoms with van der Waals surface area (Å²) in [6.45, 7) is 1.17. The molecule has 0 spiro atoms. The van der Waals surface area contributed by atoms with E-state index in [0.717, 1.165) is 28.1 Å². The third-order valence-electron chi connectivity index (χ3n) is 3.13. The Bertz CT molecular complexity index is 738. The molecule has 0 fully saturated rings. The largest absolute Gasteiger partial charge is 0.486 e. The van der Waals surface area contributed by atoms with Gasteiger partial charge in [0.2, 0.25) is 0 Å². The van der Waals surface area contributed by atoms with Gasteiger partial charge in [-0.2, -0.15) is 5.10 Å². The Morgan fingerprint density at radius 2 is 1.89 bits per heavy atom. The molecule has 94 valence electrons. The number of hydrogen-bond acceptors (Lipinski definition) is 4. The van der Waals surface area contributed by atoms with Gasteiger partial charge in [-0.3, -0.25) is 0 Å². The lowest BCUT2D eigenvalue weighted by Crippen LogP contribution is -2.15. The molecule has 0 N–H and O–H groups in total. The molecule has 0 saturated heterocycles. The summed E-state index contributed by atoms with van der Waals surface area (Å²) in [5.41, 5.74) is 0. The maximum atomic E-state index is 5.62. The molecule has 5 nitrogen and oxygen atoms in total. The van der Waals surface area contributed by atoms with Crippen LogP contribution in [0.5, 0.6) is 11.5 Å². The molecule has 0 amide bonds. The lowest BCUT2D eigenvalue weighted by atomic mass is 10.1. The van der Waals surface area contributed by atoms with Crippen molar-refractivity contribution in [1.29, 1.82) is 0 Å². The van der Waals surface area contributed by atoms with Gasteiger partial charge in [-0.25, -0.2) is 9.67 Å². The van der Waals surface area contributed by atoms with Crippen LogP contribution in [0.3, 0.4) is 0 Å². The predicted molar refractivity (Wildman–Crippen MR) is 69.9 cm³/mol. The molecule has 0 saturated carbocycles. The Labute approximate surface area is 109 Å². The third kappa shape index (κ3) is 1.62. The quantitative estimate of drug-likeness (QED) is 0.667. The molecule has 1 aliphatic rings. The highest BCUT2D eigenvalue weighted by Crippen LogP contribution is 2.35. The van der Waals surface area contributed by atoms with Gasteiger partial charge in [0.15, 0.2) is 17.3 Å². The summed E-state index contributed by atoms with van der Waals surface area (Å²) in [6.07, 6.45) is 5.38. The van der Waals surface area contributed by atoms with Crippen molar-refractivity contribution in [3.8, 4) is 17.3 Å². The Kier molecular flexibility index (Phi) is 2.17. The van der Waals surface area contributed by atoms with Crippen LogP contribution in [0.2, 0.25) is 0 Å². The summed E-state index contributed by atoms with van der Waals surface area (Å²) >= 11 is 0. The SMILES string of the molecule is c1cnn(-c2nccc3cc4c(cc23)OCCO4)c1. The molecular formula is C14H11N3O2. The van der Waals surface area contributed by atoms with Crippen LogP contribution in [0.25, 0.3) is 16.6 Å². The van der Waals surface area contributed by atoms with E-state index in [1.54, 1.807) is 17.1 Å². The second-order valence-electron chi connectivity index (χ2n) is 4.30. The van der Waals surface area contributed by atoms with Crippen LogP contribution in [-0.4, -0.2) is 28.0 Å². The van der Waals surface area contributed by atoms with E-state index in [-0.39, 0.29) is 0 Å². The summed E-state index contributed by atoms with van der Waals surface area (Å²) in [5.74, 6) is 2.34. The summed E-state index contributed by atoms with van der Waals surface area (Å²) in [7, 11) is 0. The fourth-order valence-corrected chi connectivity index (χ4v) is 2.27. The molecule has 5 heteroatoms. The van der Waals surface area contributed by atoms with Crippen molar-refractivity contribution in [1.82, 2.24) is 14.8 Å². The van der Waals surface area contributed by atoms with E-state index >= 15 is 0 Å². The van der Waals surface area contributed by atoms with Gasteiger partial charge in [-0.1, -0.05) is 0 Å². The minimum Gasteiger partial charge on any atom is -0.486 e. The average molecular weight is 253 g/mol. The summed E-state index contributed by atoms with van der Waals surface area (Å²) in [4.78, 5) is 4.40. The van der Waals surface area contributed by atoms with Gasteiger partial charge in [-0.15, -0.1) is 0 Å². The van der Waals surface area contributed by atoms with E-state index in [9.17, 15) is 0 Å². The third-order valence-corrected chi connectivity index (χ3v) is 3.13. The topological polar surface area (TPSA) is 49.2 Å². The predicted octanol–water partition coefficient (Wildman–Crippen LogP) is 2.19. The van der Waals surface area contributed by atoms with Gasteiger partial charge in [0, 0.05) is 24.0 Å². The highest BCUT2D eigenvalue weighted by atomic mass is 16.6. The van der Waals surface area contributed by atoms with Crippen LogP contribution in [0.1, 0.15) is 0 Å². The molecule has 0 bridgehead atoms. The fourth-order valence-electron chi connectivity index (χ4n) is 2.27. The van der Waals surface area contributed by atoms with Crippen LogP contribution in [0, 0.1) is 0 Å². The molecule has 3 heterocycles. The number of hydrogen-bond donors (Lipinski definition) is 0. The molecule has 0 atom stereocenters. The molecule has 0 aliphatic carbocycles. The van der Waals surface area contributed by atoms with E-state index in [2.05, 4.69) is 10.1 Å². The van der Waals surface area contributed by atoms with Crippen LogP contribution in [-0.2, 0) is 0 Å². The van der Waals surface area contributed by atoms with Gasteiger partial charge in [-0.05, 0) is 29.7 Å². The van der Waals surface area contributed by atoms with Gasteiger partial charge in [0.1, 0.15) is 13.2 Å². The van der Waals surface area contributed by atoms with E-state index in [1.165, 1.54) is 0 Å². The number of nitrogens with zero attached hydrogens (tertiary/aromatic N) is 3. The number of ether oxygens (including phenoxy) is 2. The highest BCUT2D eigenvalue weighted by Gasteiger charge is 2.15.